The Morgan fingerprint density at radius 1 is 1.37 bits per heavy atom. The third kappa shape index (κ3) is 4.37. The second kappa shape index (κ2) is 6.97. The average molecular weight is 288 g/mol. The van der Waals surface area contributed by atoms with E-state index < -0.39 is 0 Å². The summed E-state index contributed by atoms with van der Waals surface area (Å²) >= 11 is 5.88. The molecule has 0 aromatic rings. The van der Waals surface area contributed by atoms with Crippen LogP contribution in [-0.4, -0.2) is 17.3 Å². The van der Waals surface area contributed by atoms with E-state index in [1.165, 1.54) is 12.8 Å². The molecule has 2 nitrogen and oxygen atoms in total. The molecular formula is C16H30ClNO. The summed E-state index contributed by atoms with van der Waals surface area (Å²) in [6.45, 7) is 8.66. The molecule has 1 amide bonds. The Morgan fingerprint density at radius 3 is 2.37 bits per heavy atom. The van der Waals surface area contributed by atoms with Gasteiger partial charge in [0.15, 0.2) is 0 Å². The molecule has 0 heterocycles. The van der Waals surface area contributed by atoms with Crippen molar-refractivity contribution in [3.8, 4) is 0 Å². The highest BCUT2D eigenvalue weighted by atomic mass is 35.5. The number of carbonyl (C=O) groups excluding carboxylic acids is 1. The summed E-state index contributed by atoms with van der Waals surface area (Å²) in [6.07, 6.45) is 7.28. The van der Waals surface area contributed by atoms with E-state index in [2.05, 4.69) is 33.0 Å². The van der Waals surface area contributed by atoms with Crippen LogP contribution in [0.25, 0.3) is 0 Å². The molecule has 0 aliphatic heterocycles. The summed E-state index contributed by atoms with van der Waals surface area (Å²) < 4.78 is 0. The summed E-state index contributed by atoms with van der Waals surface area (Å²) in [4.78, 5) is 12.8. The molecule has 19 heavy (non-hydrogen) atoms. The third-order valence-electron chi connectivity index (χ3n) is 4.68. The monoisotopic (exact) mass is 287 g/mol. The van der Waals surface area contributed by atoms with Gasteiger partial charge in [0.25, 0.3) is 0 Å². The minimum atomic E-state index is -0.147. The van der Waals surface area contributed by atoms with E-state index in [9.17, 15) is 4.79 Å². The molecule has 1 atom stereocenters. The smallest absolute Gasteiger partial charge is 0.226 e. The van der Waals surface area contributed by atoms with Gasteiger partial charge in [-0.15, -0.1) is 11.6 Å². The van der Waals surface area contributed by atoms with Crippen LogP contribution in [-0.2, 0) is 4.79 Å². The second-order valence-electron chi connectivity index (χ2n) is 6.89. The zero-order chi connectivity index (χ0) is 14.5. The standard InChI is InChI=1S/C16H30ClNO/c1-5-15(4,10-11-17)18-14(19)16(12-13(2)3)8-6-7-9-16/h13H,5-12H2,1-4H3,(H,18,19). The lowest BCUT2D eigenvalue weighted by Crippen LogP contribution is -2.51. The molecule has 0 bridgehead atoms. The maximum atomic E-state index is 12.8. The number of alkyl halides is 1. The highest BCUT2D eigenvalue weighted by Crippen LogP contribution is 2.43. The summed E-state index contributed by atoms with van der Waals surface area (Å²) in [5.41, 5.74) is -0.262. The number of amides is 1. The van der Waals surface area contributed by atoms with Gasteiger partial charge >= 0.3 is 0 Å². The maximum absolute atomic E-state index is 12.8. The minimum absolute atomic E-state index is 0.114. The van der Waals surface area contributed by atoms with Gasteiger partial charge in [-0.2, -0.15) is 0 Å². The second-order valence-corrected chi connectivity index (χ2v) is 7.27. The van der Waals surface area contributed by atoms with E-state index in [4.69, 9.17) is 11.6 Å². The van der Waals surface area contributed by atoms with Gasteiger partial charge in [0.2, 0.25) is 5.91 Å². The van der Waals surface area contributed by atoms with Gasteiger partial charge in [0.1, 0.15) is 0 Å². The summed E-state index contributed by atoms with van der Waals surface area (Å²) in [6, 6.07) is 0. The van der Waals surface area contributed by atoms with Crippen molar-refractivity contribution in [1.29, 1.82) is 0 Å². The lowest BCUT2D eigenvalue weighted by atomic mass is 9.77. The number of halogens is 1. The quantitative estimate of drug-likeness (QED) is 0.686. The Kier molecular flexibility index (Phi) is 6.16. The molecule has 1 aliphatic rings. The summed E-state index contributed by atoms with van der Waals surface area (Å²) in [5.74, 6) is 1.44. The molecule has 1 N–H and O–H groups in total. The topological polar surface area (TPSA) is 29.1 Å². The zero-order valence-electron chi connectivity index (χ0n) is 13.0. The molecule has 1 rings (SSSR count). The Hall–Kier alpha value is -0.240. The fraction of sp³-hybridized carbons (Fsp3) is 0.938. The average Bonchev–Trinajstić information content (AvgIpc) is 2.78. The van der Waals surface area contributed by atoms with E-state index in [1.54, 1.807) is 0 Å². The first-order valence-corrected chi connectivity index (χ1v) is 8.29. The van der Waals surface area contributed by atoms with Crippen molar-refractivity contribution in [2.45, 2.75) is 78.2 Å². The van der Waals surface area contributed by atoms with E-state index in [-0.39, 0.29) is 16.9 Å². The normalized spacial score (nSPS) is 21.4. The Labute approximate surface area is 123 Å². The third-order valence-corrected chi connectivity index (χ3v) is 4.87. The van der Waals surface area contributed by atoms with Crippen molar-refractivity contribution < 1.29 is 4.79 Å². The van der Waals surface area contributed by atoms with Crippen molar-refractivity contribution in [2.24, 2.45) is 11.3 Å². The van der Waals surface area contributed by atoms with Gasteiger partial charge in [0, 0.05) is 16.8 Å². The summed E-state index contributed by atoms with van der Waals surface area (Å²) in [7, 11) is 0. The van der Waals surface area contributed by atoms with Crippen LogP contribution >= 0.6 is 11.6 Å². The molecule has 0 saturated heterocycles. The Morgan fingerprint density at radius 2 is 1.95 bits per heavy atom. The predicted molar refractivity (Wildman–Crippen MR) is 82.5 cm³/mol. The fourth-order valence-electron chi connectivity index (χ4n) is 3.30. The van der Waals surface area contributed by atoms with Crippen LogP contribution in [0.15, 0.2) is 0 Å². The number of rotatable bonds is 7. The highest BCUT2D eigenvalue weighted by Gasteiger charge is 2.43. The van der Waals surface area contributed by atoms with Gasteiger partial charge in [-0.1, -0.05) is 33.6 Å². The van der Waals surface area contributed by atoms with Crippen molar-refractivity contribution in [3.05, 3.63) is 0 Å². The van der Waals surface area contributed by atoms with E-state index in [0.29, 0.717) is 11.8 Å². The molecule has 3 heteroatoms. The van der Waals surface area contributed by atoms with Gasteiger partial charge in [0.05, 0.1) is 0 Å². The van der Waals surface area contributed by atoms with Crippen LogP contribution in [0.5, 0.6) is 0 Å². The minimum Gasteiger partial charge on any atom is -0.350 e. The first-order chi connectivity index (χ1) is 8.87. The van der Waals surface area contributed by atoms with Crippen LogP contribution in [0.3, 0.4) is 0 Å². The first-order valence-electron chi connectivity index (χ1n) is 7.76. The summed E-state index contributed by atoms with van der Waals surface area (Å²) in [5, 5.41) is 3.31. The fourth-order valence-corrected chi connectivity index (χ4v) is 3.72. The largest absolute Gasteiger partial charge is 0.350 e. The molecule has 0 spiro atoms. The van der Waals surface area contributed by atoms with E-state index in [0.717, 1.165) is 32.1 Å². The van der Waals surface area contributed by atoms with Crippen LogP contribution in [0.2, 0.25) is 0 Å². The number of hydrogen-bond acceptors (Lipinski definition) is 1. The predicted octanol–water partition coefficient (Wildman–Crippen LogP) is 4.51. The zero-order valence-corrected chi connectivity index (χ0v) is 13.8. The molecule has 112 valence electrons. The Balaban J connectivity index is 2.77. The number of carbonyl (C=O) groups is 1. The molecule has 0 radical (unpaired) electrons. The van der Waals surface area contributed by atoms with Crippen LogP contribution in [0.1, 0.15) is 72.6 Å². The molecule has 1 saturated carbocycles. The van der Waals surface area contributed by atoms with Crippen molar-refractivity contribution in [1.82, 2.24) is 5.32 Å². The van der Waals surface area contributed by atoms with Crippen LogP contribution in [0.4, 0.5) is 0 Å². The SMILES string of the molecule is CCC(C)(CCCl)NC(=O)C1(CC(C)C)CCCC1. The van der Waals surface area contributed by atoms with E-state index >= 15 is 0 Å². The van der Waals surface area contributed by atoms with Gasteiger partial charge in [-0.25, -0.2) is 0 Å². The van der Waals surface area contributed by atoms with Gasteiger partial charge in [-0.3, -0.25) is 4.79 Å². The molecule has 0 aromatic heterocycles. The molecule has 1 aliphatic carbocycles. The number of nitrogens with one attached hydrogen (secondary N) is 1. The molecule has 1 unspecified atom stereocenters. The maximum Gasteiger partial charge on any atom is 0.226 e. The van der Waals surface area contributed by atoms with Gasteiger partial charge in [-0.05, 0) is 44.9 Å². The Bertz CT molecular complexity index is 297. The van der Waals surface area contributed by atoms with Crippen molar-refractivity contribution >= 4 is 17.5 Å². The molecule has 0 aromatic carbocycles. The van der Waals surface area contributed by atoms with Crippen molar-refractivity contribution in [3.63, 3.8) is 0 Å². The van der Waals surface area contributed by atoms with Crippen molar-refractivity contribution in [2.75, 3.05) is 5.88 Å². The molecular weight excluding hydrogens is 258 g/mol. The van der Waals surface area contributed by atoms with Crippen LogP contribution < -0.4 is 5.32 Å². The lowest BCUT2D eigenvalue weighted by Gasteiger charge is -2.36. The van der Waals surface area contributed by atoms with E-state index in [1.807, 2.05) is 0 Å². The van der Waals surface area contributed by atoms with Gasteiger partial charge < -0.3 is 5.32 Å². The van der Waals surface area contributed by atoms with Crippen LogP contribution in [0, 0.1) is 11.3 Å². The highest BCUT2D eigenvalue weighted by molar-refractivity contribution is 6.17. The first kappa shape index (κ1) is 16.8. The molecule has 1 fully saturated rings. The number of hydrogen-bond donors (Lipinski definition) is 1. The lowest BCUT2D eigenvalue weighted by molar-refractivity contribution is -0.133.